The molecule has 142 valence electrons. The number of likely N-dealkylation sites (N-methyl/N-ethyl adjacent to an activating group) is 1. The fourth-order valence-electron chi connectivity index (χ4n) is 3.20. The first-order valence-electron chi connectivity index (χ1n) is 9.29. The maximum atomic E-state index is 11.0. The lowest BCUT2D eigenvalue weighted by molar-refractivity contribution is 0.00993. The van der Waals surface area contributed by atoms with Gasteiger partial charge in [-0.3, -0.25) is 0 Å². The minimum Gasteiger partial charge on any atom is -0.465 e. The predicted octanol–water partition coefficient (Wildman–Crippen LogP) is 3.06. The highest BCUT2D eigenvalue weighted by atomic mass is 16.5. The third-order valence-corrected chi connectivity index (χ3v) is 4.96. The molecule has 6 nitrogen and oxygen atoms in total. The molecule has 0 bridgehead atoms. The number of hydrogen-bond donors (Lipinski definition) is 1. The Balaban J connectivity index is 1.95. The van der Waals surface area contributed by atoms with Crippen molar-refractivity contribution in [3.8, 4) is 0 Å². The van der Waals surface area contributed by atoms with Crippen LogP contribution in [-0.4, -0.2) is 80.7 Å². The number of amides is 1. The Morgan fingerprint density at radius 2 is 1.67 bits per heavy atom. The summed E-state index contributed by atoms with van der Waals surface area (Å²) < 4.78 is 11.0. The molecular weight excluding hydrogens is 308 g/mol. The molecule has 1 rings (SSSR count). The summed E-state index contributed by atoms with van der Waals surface area (Å²) in [5.41, 5.74) is 0. The Morgan fingerprint density at radius 1 is 1.00 bits per heavy atom. The lowest BCUT2D eigenvalue weighted by Gasteiger charge is -2.33. The second-order valence-corrected chi connectivity index (χ2v) is 6.91. The molecule has 1 N–H and O–H groups in total. The lowest BCUT2D eigenvalue weighted by Crippen LogP contribution is -2.39. The Kier molecular flexibility index (Phi) is 11.0. The van der Waals surface area contributed by atoms with E-state index in [-0.39, 0.29) is 6.04 Å². The van der Waals surface area contributed by atoms with Gasteiger partial charge in [0.1, 0.15) is 0 Å². The smallest absolute Gasteiger partial charge is 0.407 e. The van der Waals surface area contributed by atoms with Crippen molar-refractivity contribution < 1.29 is 19.4 Å². The van der Waals surface area contributed by atoms with Gasteiger partial charge in [-0.2, -0.15) is 0 Å². The van der Waals surface area contributed by atoms with Crippen LogP contribution in [0.3, 0.4) is 0 Å². The summed E-state index contributed by atoms with van der Waals surface area (Å²) in [7, 11) is 5.55. The van der Waals surface area contributed by atoms with Gasteiger partial charge in [0.25, 0.3) is 0 Å². The van der Waals surface area contributed by atoms with E-state index in [9.17, 15) is 4.79 Å². The van der Waals surface area contributed by atoms with Crippen molar-refractivity contribution in [1.29, 1.82) is 0 Å². The summed E-state index contributed by atoms with van der Waals surface area (Å²) in [5.74, 6) is 0. The molecule has 1 aliphatic rings. The van der Waals surface area contributed by atoms with Crippen LogP contribution in [0.25, 0.3) is 0 Å². The van der Waals surface area contributed by atoms with Crippen molar-refractivity contribution in [1.82, 2.24) is 9.80 Å². The van der Waals surface area contributed by atoms with Gasteiger partial charge in [-0.25, -0.2) is 4.79 Å². The number of carbonyl (C=O) groups is 1. The molecule has 0 spiro atoms. The second-order valence-electron chi connectivity index (χ2n) is 6.91. The average molecular weight is 344 g/mol. The van der Waals surface area contributed by atoms with Crippen molar-refractivity contribution in [2.75, 3.05) is 47.5 Å². The third kappa shape index (κ3) is 8.85. The first-order valence-corrected chi connectivity index (χ1v) is 9.29. The molecule has 24 heavy (non-hydrogen) atoms. The van der Waals surface area contributed by atoms with Crippen molar-refractivity contribution in [2.24, 2.45) is 0 Å². The zero-order chi connectivity index (χ0) is 17.8. The van der Waals surface area contributed by atoms with Crippen LogP contribution >= 0.6 is 0 Å². The molecule has 6 heteroatoms. The molecule has 0 heterocycles. The molecular formula is C18H36N2O4. The maximum absolute atomic E-state index is 11.0. The number of ether oxygens (including phenoxy) is 2. The fraction of sp³-hybridized carbons (Fsp3) is 0.944. The monoisotopic (exact) mass is 344 g/mol. The highest BCUT2D eigenvalue weighted by molar-refractivity contribution is 5.64. The van der Waals surface area contributed by atoms with Gasteiger partial charge in [-0.1, -0.05) is 12.8 Å². The van der Waals surface area contributed by atoms with Gasteiger partial charge >= 0.3 is 6.09 Å². The molecule has 0 atom stereocenters. The lowest BCUT2D eigenvalue weighted by atomic mass is 9.92. The zero-order valence-electron chi connectivity index (χ0n) is 15.7. The number of nitrogens with zero attached hydrogens (tertiary/aromatic N) is 2. The van der Waals surface area contributed by atoms with Crippen LogP contribution < -0.4 is 0 Å². The highest BCUT2D eigenvalue weighted by Crippen LogP contribution is 2.24. The number of methoxy groups -OCH3 is 1. The number of carboxylic acid groups (broad SMARTS) is 1. The summed E-state index contributed by atoms with van der Waals surface area (Å²) in [5, 5.41) is 9.01. The van der Waals surface area contributed by atoms with E-state index in [0.29, 0.717) is 6.10 Å². The molecule has 0 unspecified atom stereocenters. The van der Waals surface area contributed by atoms with E-state index in [0.717, 1.165) is 58.4 Å². The summed E-state index contributed by atoms with van der Waals surface area (Å²) >= 11 is 0. The van der Waals surface area contributed by atoms with E-state index in [1.165, 1.54) is 24.2 Å². The normalized spacial score (nSPS) is 21.2. The Labute approximate surface area is 147 Å². The maximum Gasteiger partial charge on any atom is 0.407 e. The van der Waals surface area contributed by atoms with E-state index in [1.54, 1.807) is 14.2 Å². The Bertz CT molecular complexity index is 333. The van der Waals surface area contributed by atoms with E-state index in [2.05, 4.69) is 11.9 Å². The minimum absolute atomic E-state index is 0.164. The number of unbranched alkanes of at least 4 members (excludes halogenated alkanes) is 3. The summed E-state index contributed by atoms with van der Waals surface area (Å²) in [6.45, 7) is 3.77. The highest BCUT2D eigenvalue weighted by Gasteiger charge is 2.26. The van der Waals surface area contributed by atoms with E-state index >= 15 is 0 Å². The molecule has 0 aromatic heterocycles. The van der Waals surface area contributed by atoms with Gasteiger partial charge in [0, 0.05) is 33.4 Å². The van der Waals surface area contributed by atoms with E-state index in [1.807, 2.05) is 0 Å². The van der Waals surface area contributed by atoms with Crippen LogP contribution in [0.4, 0.5) is 4.79 Å². The number of rotatable bonds is 12. The van der Waals surface area contributed by atoms with Gasteiger partial charge < -0.3 is 24.4 Å². The van der Waals surface area contributed by atoms with Crippen LogP contribution in [0.2, 0.25) is 0 Å². The van der Waals surface area contributed by atoms with Gasteiger partial charge in [0.2, 0.25) is 0 Å². The van der Waals surface area contributed by atoms with Crippen molar-refractivity contribution in [3.63, 3.8) is 0 Å². The number of hydrogen-bond acceptors (Lipinski definition) is 4. The van der Waals surface area contributed by atoms with E-state index < -0.39 is 6.09 Å². The molecule has 0 aromatic rings. The van der Waals surface area contributed by atoms with Gasteiger partial charge in [0.15, 0.2) is 0 Å². The first kappa shape index (κ1) is 21.2. The van der Waals surface area contributed by atoms with E-state index in [4.69, 9.17) is 14.6 Å². The molecule has 0 saturated heterocycles. The fourth-order valence-corrected chi connectivity index (χ4v) is 3.20. The van der Waals surface area contributed by atoms with Crippen LogP contribution in [0.1, 0.15) is 51.4 Å². The van der Waals surface area contributed by atoms with Gasteiger partial charge in [0.05, 0.1) is 12.7 Å². The standard InChI is InChI=1S/C18H36N2O4/c1-19(13-15-23-3)12-6-4-5-7-14-24-17-10-8-16(9-11-17)20(2)18(21)22/h16-17H,4-15H2,1-3H3,(H,21,22). The SMILES string of the molecule is COCCN(C)CCCCCCOC1CCC(N(C)C(=O)O)CC1. The predicted molar refractivity (Wildman–Crippen MR) is 95.6 cm³/mol. The van der Waals surface area contributed by atoms with Crippen molar-refractivity contribution in [2.45, 2.75) is 63.5 Å². The molecule has 0 radical (unpaired) electrons. The van der Waals surface area contributed by atoms with Crippen LogP contribution in [0.15, 0.2) is 0 Å². The molecule has 1 fully saturated rings. The average Bonchev–Trinajstić information content (AvgIpc) is 2.58. The molecule has 0 aromatic carbocycles. The Morgan fingerprint density at radius 3 is 2.29 bits per heavy atom. The first-order chi connectivity index (χ1) is 11.5. The topological polar surface area (TPSA) is 62.2 Å². The van der Waals surface area contributed by atoms with Gasteiger partial charge in [-0.15, -0.1) is 0 Å². The van der Waals surface area contributed by atoms with Crippen molar-refractivity contribution in [3.05, 3.63) is 0 Å². The van der Waals surface area contributed by atoms with Crippen LogP contribution in [-0.2, 0) is 9.47 Å². The second kappa shape index (κ2) is 12.5. The third-order valence-electron chi connectivity index (χ3n) is 4.96. The van der Waals surface area contributed by atoms with Crippen LogP contribution in [0, 0.1) is 0 Å². The Hall–Kier alpha value is -0.850. The van der Waals surface area contributed by atoms with Crippen molar-refractivity contribution >= 4 is 6.09 Å². The largest absolute Gasteiger partial charge is 0.465 e. The van der Waals surface area contributed by atoms with Gasteiger partial charge in [-0.05, 0) is 52.1 Å². The zero-order valence-corrected chi connectivity index (χ0v) is 15.7. The minimum atomic E-state index is -0.827. The van der Waals surface area contributed by atoms with Crippen LogP contribution in [0.5, 0.6) is 0 Å². The summed E-state index contributed by atoms with van der Waals surface area (Å²) in [6.07, 6.45) is 8.10. The molecule has 1 saturated carbocycles. The summed E-state index contributed by atoms with van der Waals surface area (Å²) in [4.78, 5) is 14.7. The quantitative estimate of drug-likeness (QED) is 0.551. The molecule has 1 aliphatic carbocycles. The molecule has 0 aliphatic heterocycles. The summed E-state index contributed by atoms with van der Waals surface area (Å²) in [6, 6.07) is 0.164. The molecule has 1 amide bonds.